The molecule has 0 spiro atoms. The molecule has 156 valence electrons. The predicted octanol–water partition coefficient (Wildman–Crippen LogP) is 5.03. The van der Waals surface area contributed by atoms with E-state index in [4.69, 9.17) is 10.5 Å². The molecule has 2 fully saturated rings. The molecule has 7 heteroatoms. The van der Waals surface area contributed by atoms with E-state index in [-0.39, 0.29) is 30.4 Å². The van der Waals surface area contributed by atoms with Crippen LogP contribution in [0.25, 0.3) is 0 Å². The van der Waals surface area contributed by atoms with Gasteiger partial charge in [-0.1, -0.05) is 25.3 Å². The summed E-state index contributed by atoms with van der Waals surface area (Å²) >= 11 is 0. The van der Waals surface area contributed by atoms with Crippen molar-refractivity contribution >= 4 is 17.3 Å². The Labute approximate surface area is 164 Å². The van der Waals surface area contributed by atoms with Gasteiger partial charge in [0, 0.05) is 12.6 Å². The van der Waals surface area contributed by atoms with Crippen LogP contribution in [0, 0.1) is 5.92 Å². The Hall–Kier alpha value is -1.92. The lowest BCUT2D eigenvalue weighted by molar-refractivity contribution is -0.144. The van der Waals surface area contributed by atoms with Crippen LogP contribution < -0.4 is 10.6 Å². The first-order chi connectivity index (χ1) is 13.3. The van der Waals surface area contributed by atoms with Crippen molar-refractivity contribution in [3.63, 3.8) is 0 Å². The number of esters is 1. The number of carbonyl (C=O) groups is 1. The standard InChI is InChI=1S/C21H29F3N2O2/c1-2-28-20(27)17-13-16(17)14-8-9-19(18(25)12-14)26(11-10-21(22,23)24)15-6-4-3-5-7-15/h8-9,12,15-17H,2-7,10-11,13,25H2,1H3/t16-,17-/m1/s1. The van der Waals surface area contributed by atoms with Crippen LogP contribution in [0.15, 0.2) is 18.2 Å². The molecule has 2 saturated carbocycles. The van der Waals surface area contributed by atoms with Gasteiger partial charge in [-0.05, 0) is 49.8 Å². The fourth-order valence-electron chi connectivity index (χ4n) is 4.28. The summed E-state index contributed by atoms with van der Waals surface area (Å²) in [6, 6.07) is 5.65. The average Bonchev–Trinajstić information content (AvgIpc) is 3.44. The van der Waals surface area contributed by atoms with Gasteiger partial charge in [0.1, 0.15) is 0 Å². The van der Waals surface area contributed by atoms with Crippen molar-refractivity contribution in [2.45, 2.75) is 70.0 Å². The van der Waals surface area contributed by atoms with Crippen LogP contribution in [0.1, 0.15) is 63.4 Å². The molecule has 0 heterocycles. The van der Waals surface area contributed by atoms with Crippen LogP contribution >= 0.6 is 0 Å². The quantitative estimate of drug-likeness (QED) is 0.517. The minimum Gasteiger partial charge on any atom is -0.466 e. The average molecular weight is 398 g/mol. The van der Waals surface area contributed by atoms with Gasteiger partial charge in [-0.3, -0.25) is 4.79 Å². The zero-order valence-electron chi connectivity index (χ0n) is 16.3. The number of nitrogens with two attached hydrogens (primary N) is 1. The van der Waals surface area contributed by atoms with E-state index in [1.165, 1.54) is 0 Å². The second kappa shape index (κ2) is 8.62. The molecule has 2 atom stereocenters. The van der Waals surface area contributed by atoms with E-state index in [1.54, 1.807) is 6.92 Å². The highest BCUT2D eigenvalue weighted by molar-refractivity contribution is 5.78. The monoisotopic (exact) mass is 398 g/mol. The molecule has 4 nitrogen and oxygen atoms in total. The molecule has 2 aliphatic carbocycles. The Bertz CT molecular complexity index is 687. The highest BCUT2D eigenvalue weighted by Crippen LogP contribution is 2.49. The molecule has 0 aliphatic heterocycles. The van der Waals surface area contributed by atoms with Gasteiger partial charge in [0.25, 0.3) is 0 Å². The fraction of sp³-hybridized carbons (Fsp3) is 0.667. The molecule has 1 aromatic carbocycles. The van der Waals surface area contributed by atoms with Crippen LogP contribution in [0.3, 0.4) is 0 Å². The number of hydrogen-bond acceptors (Lipinski definition) is 4. The maximum absolute atomic E-state index is 12.9. The van der Waals surface area contributed by atoms with Gasteiger partial charge >= 0.3 is 12.1 Å². The fourth-order valence-corrected chi connectivity index (χ4v) is 4.28. The van der Waals surface area contributed by atoms with E-state index >= 15 is 0 Å². The van der Waals surface area contributed by atoms with Crippen molar-refractivity contribution in [1.82, 2.24) is 0 Å². The molecule has 2 aliphatic rings. The lowest BCUT2D eigenvalue weighted by Crippen LogP contribution is -2.39. The summed E-state index contributed by atoms with van der Waals surface area (Å²) in [5.41, 5.74) is 8.39. The minimum absolute atomic E-state index is 0.0768. The van der Waals surface area contributed by atoms with Crippen LogP contribution in [0.4, 0.5) is 24.5 Å². The van der Waals surface area contributed by atoms with Crippen molar-refractivity contribution in [2.75, 3.05) is 23.8 Å². The summed E-state index contributed by atoms with van der Waals surface area (Å²) < 4.78 is 43.6. The van der Waals surface area contributed by atoms with E-state index in [1.807, 2.05) is 23.1 Å². The number of halogens is 3. The third-order valence-electron chi connectivity index (χ3n) is 5.82. The molecule has 2 N–H and O–H groups in total. The van der Waals surface area contributed by atoms with E-state index in [0.29, 0.717) is 18.0 Å². The van der Waals surface area contributed by atoms with Crippen LogP contribution in [0.5, 0.6) is 0 Å². The first-order valence-electron chi connectivity index (χ1n) is 10.2. The summed E-state index contributed by atoms with van der Waals surface area (Å²) in [5, 5.41) is 0. The molecule has 3 rings (SSSR count). The molecule has 0 unspecified atom stereocenters. The number of alkyl halides is 3. The number of nitrogen functional groups attached to an aromatic ring is 1. The minimum atomic E-state index is -4.19. The smallest absolute Gasteiger partial charge is 0.390 e. The molecule has 0 radical (unpaired) electrons. The molecule has 28 heavy (non-hydrogen) atoms. The number of ether oxygens (including phenoxy) is 1. The summed E-state index contributed by atoms with van der Waals surface area (Å²) in [7, 11) is 0. The molecular weight excluding hydrogens is 369 g/mol. The first-order valence-corrected chi connectivity index (χ1v) is 10.2. The van der Waals surface area contributed by atoms with Crippen molar-refractivity contribution in [3.05, 3.63) is 23.8 Å². The van der Waals surface area contributed by atoms with Crippen LogP contribution in [-0.4, -0.2) is 31.3 Å². The van der Waals surface area contributed by atoms with Gasteiger partial charge in [0.05, 0.1) is 30.3 Å². The number of nitrogens with zero attached hydrogens (tertiary/aromatic N) is 1. The molecular formula is C21H29F3N2O2. The van der Waals surface area contributed by atoms with Gasteiger partial charge in [0.15, 0.2) is 0 Å². The number of anilines is 2. The van der Waals surface area contributed by atoms with Gasteiger partial charge < -0.3 is 15.4 Å². The number of carbonyl (C=O) groups excluding carboxylic acids is 1. The molecule has 0 bridgehead atoms. The largest absolute Gasteiger partial charge is 0.466 e. The number of hydrogen-bond donors (Lipinski definition) is 1. The van der Waals surface area contributed by atoms with Crippen LogP contribution in [0.2, 0.25) is 0 Å². The normalized spacial score (nSPS) is 22.7. The Morgan fingerprint density at radius 2 is 1.96 bits per heavy atom. The third kappa shape index (κ3) is 5.11. The van der Waals surface area contributed by atoms with Crippen LogP contribution in [-0.2, 0) is 9.53 Å². The third-order valence-corrected chi connectivity index (χ3v) is 5.82. The summed E-state index contributed by atoms with van der Waals surface area (Å²) in [4.78, 5) is 13.7. The Balaban J connectivity index is 1.75. The zero-order valence-corrected chi connectivity index (χ0v) is 16.3. The van der Waals surface area contributed by atoms with E-state index in [9.17, 15) is 18.0 Å². The second-order valence-corrected chi connectivity index (χ2v) is 7.87. The maximum atomic E-state index is 12.9. The molecule has 0 aromatic heterocycles. The highest BCUT2D eigenvalue weighted by atomic mass is 19.4. The van der Waals surface area contributed by atoms with Gasteiger partial charge in [-0.25, -0.2) is 0 Å². The van der Waals surface area contributed by atoms with E-state index < -0.39 is 12.6 Å². The summed E-state index contributed by atoms with van der Waals surface area (Å²) in [5.74, 6) is -0.234. The summed E-state index contributed by atoms with van der Waals surface area (Å²) in [6.07, 6.45) is 0.690. The Morgan fingerprint density at radius 1 is 1.25 bits per heavy atom. The van der Waals surface area contributed by atoms with Gasteiger partial charge in [0.2, 0.25) is 0 Å². The van der Waals surface area contributed by atoms with Crippen molar-refractivity contribution < 1.29 is 22.7 Å². The zero-order chi connectivity index (χ0) is 20.3. The SMILES string of the molecule is CCOC(=O)[C@@H]1C[C@@H]1c1ccc(N(CCC(F)(F)F)C2CCCCC2)c(N)c1. The molecule has 0 saturated heterocycles. The second-order valence-electron chi connectivity index (χ2n) is 7.87. The lowest BCUT2D eigenvalue weighted by atomic mass is 9.93. The maximum Gasteiger partial charge on any atom is 0.390 e. The van der Waals surface area contributed by atoms with Crippen molar-refractivity contribution in [3.8, 4) is 0 Å². The van der Waals surface area contributed by atoms with Gasteiger partial charge in [-0.15, -0.1) is 0 Å². The lowest BCUT2D eigenvalue weighted by Gasteiger charge is -2.37. The van der Waals surface area contributed by atoms with Crippen molar-refractivity contribution in [1.29, 1.82) is 0 Å². The summed E-state index contributed by atoms with van der Waals surface area (Å²) in [6.45, 7) is 2.06. The predicted molar refractivity (Wildman–Crippen MR) is 103 cm³/mol. The van der Waals surface area contributed by atoms with E-state index in [0.717, 1.165) is 44.1 Å². The first kappa shape index (κ1) is 20.8. The Morgan fingerprint density at radius 3 is 2.57 bits per heavy atom. The molecule has 0 amide bonds. The Kier molecular flexibility index (Phi) is 6.40. The number of rotatable bonds is 7. The topological polar surface area (TPSA) is 55.6 Å². The van der Waals surface area contributed by atoms with Gasteiger partial charge in [-0.2, -0.15) is 13.2 Å². The number of benzene rings is 1. The van der Waals surface area contributed by atoms with E-state index in [2.05, 4.69) is 0 Å². The highest BCUT2D eigenvalue weighted by Gasteiger charge is 2.45. The van der Waals surface area contributed by atoms with Crippen molar-refractivity contribution in [2.24, 2.45) is 5.92 Å². The molecule has 1 aromatic rings.